The van der Waals surface area contributed by atoms with E-state index in [-0.39, 0.29) is 11.7 Å². The maximum atomic E-state index is 10.8. The number of aromatic hydroxyl groups is 1. The van der Waals surface area contributed by atoms with Gasteiger partial charge < -0.3 is 10.4 Å². The summed E-state index contributed by atoms with van der Waals surface area (Å²) in [5.74, 6) is 0.109. The van der Waals surface area contributed by atoms with E-state index in [1.807, 2.05) is 6.92 Å². The smallest absolute Gasteiger partial charge is 0.221 e. The highest BCUT2D eigenvalue weighted by Gasteiger charge is 2.06. The van der Waals surface area contributed by atoms with E-state index >= 15 is 0 Å². The molecule has 70 valence electrons. The van der Waals surface area contributed by atoms with Crippen LogP contribution in [-0.2, 0) is 4.79 Å². The van der Waals surface area contributed by atoms with Crippen LogP contribution in [0.5, 0.6) is 5.75 Å². The molecule has 0 fully saturated rings. The van der Waals surface area contributed by atoms with E-state index in [0.717, 1.165) is 5.56 Å². The zero-order valence-corrected chi connectivity index (χ0v) is 8.01. The largest absolute Gasteiger partial charge is 0.507 e. The Morgan fingerprint density at radius 2 is 2.00 bits per heavy atom. The van der Waals surface area contributed by atoms with Crippen LogP contribution in [0.15, 0.2) is 12.1 Å². The molecule has 1 rings (SSSR count). The minimum atomic E-state index is -0.133. The highest BCUT2D eigenvalue weighted by Crippen LogP contribution is 2.27. The number of amides is 1. The normalized spacial score (nSPS) is 9.77. The second kappa shape index (κ2) is 3.47. The maximum Gasteiger partial charge on any atom is 0.221 e. The number of nitrogens with one attached hydrogen (secondary N) is 1. The molecule has 0 spiro atoms. The minimum absolute atomic E-state index is 0.133. The molecule has 0 saturated carbocycles. The van der Waals surface area contributed by atoms with Gasteiger partial charge in [0.25, 0.3) is 0 Å². The van der Waals surface area contributed by atoms with Gasteiger partial charge in [0.15, 0.2) is 0 Å². The fraction of sp³-hybridized carbons (Fsp3) is 0.300. The van der Waals surface area contributed by atoms with Crippen LogP contribution in [-0.4, -0.2) is 11.0 Å². The summed E-state index contributed by atoms with van der Waals surface area (Å²) in [6.45, 7) is 5.03. The SMILES string of the molecule is CC(=O)Nc1ccc(C)c(O)c1C. The topological polar surface area (TPSA) is 49.3 Å². The van der Waals surface area contributed by atoms with Gasteiger partial charge >= 0.3 is 0 Å². The van der Waals surface area contributed by atoms with Crippen molar-refractivity contribution in [1.82, 2.24) is 0 Å². The molecule has 1 aromatic rings. The van der Waals surface area contributed by atoms with Crippen molar-refractivity contribution in [3.05, 3.63) is 23.3 Å². The quantitative estimate of drug-likeness (QED) is 0.692. The van der Waals surface area contributed by atoms with Gasteiger partial charge in [0.2, 0.25) is 5.91 Å². The first-order chi connectivity index (χ1) is 6.02. The van der Waals surface area contributed by atoms with Gasteiger partial charge in [-0.25, -0.2) is 0 Å². The third kappa shape index (κ3) is 1.99. The Hall–Kier alpha value is -1.51. The molecule has 0 heterocycles. The molecule has 0 aromatic heterocycles. The van der Waals surface area contributed by atoms with E-state index in [4.69, 9.17) is 0 Å². The Kier molecular flexibility index (Phi) is 2.56. The van der Waals surface area contributed by atoms with E-state index in [2.05, 4.69) is 5.32 Å². The third-order valence-corrected chi connectivity index (χ3v) is 1.94. The molecule has 0 aliphatic carbocycles. The van der Waals surface area contributed by atoms with Crippen molar-refractivity contribution < 1.29 is 9.90 Å². The van der Waals surface area contributed by atoms with Crippen LogP contribution in [0.25, 0.3) is 0 Å². The fourth-order valence-electron chi connectivity index (χ4n) is 1.16. The molecule has 0 saturated heterocycles. The monoisotopic (exact) mass is 179 g/mol. The van der Waals surface area contributed by atoms with Gasteiger partial charge in [0.1, 0.15) is 5.75 Å². The van der Waals surface area contributed by atoms with Gasteiger partial charge in [0, 0.05) is 18.2 Å². The van der Waals surface area contributed by atoms with Gasteiger partial charge in [-0.1, -0.05) is 6.07 Å². The molecule has 2 N–H and O–H groups in total. The van der Waals surface area contributed by atoms with E-state index in [1.165, 1.54) is 6.92 Å². The molecule has 1 amide bonds. The number of hydrogen-bond acceptors (Lipinski definition) is 2. The number of carbonyl (C=O) groups is 1. The molecule has 0 atom stereocenters. The maximum absolute atomic E-state index is 10.8. The minimum Gasteiger partial charge on any atom is -0.507 e. The first kappa shape index (κ1) is 9.58. The number of benzene rings is 1. The molecule has 0 unspecified atom stereocenters. The first-order valence-electron chi connectivity index (χ1n) is 4.09. The number of rotatable bonds is 1. The van der Waals surface area contributed by atoms with Crippen molar-refractivity contribution in [2.75, 3.05) is 5.32 Å². The summed E-state index contributed by atoms with van der Waals surface area (Å²) >= 11 is 0. The fourth-order valence-corrected chi connectivity index (χ4v) is 1.16. The molecule has 3 heteroatoms. The van der Waals surface area contributed by atoms with Crippen molar-refractivity contribution in [2.45, 2.75) is 20.8 Å². The number of hydrogen-bond donors (Lipinski definition) is 2. The Morgan fingerprint density at radius 3 is 2.54 bits per heavy atom. The summed E-state index contributed by atoms with van der Waals surface area (Å²) in [6, 6.07) is 3.55. The summed E-state index contributed by atoms with van der Waals surface area (Å²) in [6.07, 6.45) is 0. The lowest BCUT2D eigenvalue weighted by atomic mass is 10.1. The number of aryl methyl sites for hydroxylation is 1. The average molecular weight is 179 g/mol. The van der Waals surface area contributed by atoms with Crippen LogP contribution in [0.2, 0.25) is 0 Å². The highest BCUT2D eigenvalue weighted by atomic mass is 16.3. The molecule has 1 aromatic carbocycles. The second-order valence-electron chi connectivity index (χ2n) is 3.08. The Bertz CT molecular complexity index is 345. The van der Waals surface area contributed by atoms with Gasteiger partial charge in [-0.2, -0.15) is 0 Å². The van der Waals surface area contributed by atoms with E-state index < -0.39 is 0 Å². The highest BCUT2D eigenvalue weighted by molar-refractivity contribution is 5.90. The Morgan fingerprint density at radius 1 is 1.38 bits per heavy atom. The summed E-state index contributed by atoms with van der Waals surface area (Å²) in [7, 11) is 0. The van der Waals surface area contributed by atoms with E-state index in [1.54, 1.807) is 19.1 Å². The molecular weight excluding hydrogens is 166 g/mol. The number of phenols is 1. The van der Waals surface area contributed by atoms with Crippen LogP contribution < -0.4 is 5.32 Å². The summed E-state index contributed by atoms with van der Waals surface area (Å²) in [4.78, 5) is 10.8. The van der Waals surface area contributed by atoms with Crippen LogP contribution in [0, 0.1) is 13.8 Å². The van der Waals surface area contributed by atoms with Gasteiger partial charge in [0.05, 0.1) is 0 Å². The van der Waals surface area contributed by atoms with Crippen LogP contribution in [0.1, 0.15) is 18.1 Å². The molecule has 0 aliphatic heterocycles. The zero-order valence-electron chi connectivity index (χ0n) is 8.01. The number of phenolic OH excluding ortho intramolecular Hbond substituents is 1. The average Bonchev–Trinajstić information content (AvgIpc) is 2.06. The molecule has 13 heavy (non-hydrogen) atoms. The van der Waals surface area contributed by atoms with Crippen LogP contribution >= 0.6 is 0 Å². The van der Waals surface area contributed by atoms with Crippen LogP contribution in [0.4, 0.5) is 5.69 Å². The van der Waals surface area contributed by atoms with Gasteiger partial charge in [-0.05, 0) is 25.5 Å². The van der Waals surface area contributed by atoms with Crippen LogP contribution in [0.3, 0.4) is 0 Å². The lowest BCUT2D eigenvalue weighted by molar-refractivity contribution is -0.114. The second-order valence-corrected chi connectivity index (χ2v) is 3.08. The number of carbonyl (C=O) groups excluding carboxylic acids is 1. The lowest BCUT2D eigenvalue weighted by Gasteiger charge is -2.09. The summed E-state index contributed by atoms with van der Waals surface area (Å²) in [5, 5.41) is 12.2. The van der Waals surface area contributed by atoms with Crippen molar-refractivity contribution >= 4 is 11.6 Å². The molecule has 3 nitrogen and oxygen atoms in total. The molecule has 0 bridgehead atoms. The summed E-state index contributed by atoms with van der Waals surface area (Å²) in [5.41, 5.74) is 2.18. The van der Waals surface area contributed by atoms with E-state index in [0.29, 0.717) is 11.3 Å². The van der Waals surface area contributed by atoms with Gasteiger partial charge in [-0.15, -0.1) is 0 Å². The van der Waals surface area contributed by atoms with Crippen molar-refractivity contribution in [3.63, 3.8) is 0 Å². The van der Waals surface area contributed by atoms with Crippen molar-refractivity contribution in [1.29, 1.82) is 0 Å². The predicted octanol–water partition coefficient (Wildman–Crippen LogP) is 1.97. The Labute approximate surface area is 77.4 Å². The standard InChI is InChI=1S/C10H13NO2/c1-6-4-5-9(11-8(3)12)7(2)10(6)13/h4-5,13H,1-3H3,(H,11,12). The summed E-state index contributed by atoms with van der Waals surface area (Å²) < 4.78 is 0. The molecular formula is C10H13NO2. The molecule has 0 aliphatic rings. The number of anilines is 1. The van der Waals surface area contributed by atoms with Crippen molar-refractivity contribution in [2.24, 2.45) is 0 Å². The predicted molar refractivity (Wildman–Crippen MR) is 51.9 cm³/mol. The first-order valence-corrected chi connectivity index (χ1v) is 4.09. The zero-order chi connectivity index (χ0) is 10.0. The van der Waals surface area contributed by atoms with Crippen molar-refractivity contribution in [3.8, 4) is 5.75 Å². The van der Waals surface area contributed by atoms with Gasteiger partial charge in [-0.3, -0.25) is 4.79 Å². The molecule has 0 radical (unpaired) electrons. The van der Waals surface area contributed by atoms with E-state index in [9.17, 15) is 9.90 Å². The third-order valence-electron chi connectivity index (χ3n) is 1.94. The lowest BCUT2D eigenvalue weighted by Crippen LogP contribution is -2.07. The Balaban J connectivity index is 3.10.